The summed E-state index contributed by atoms with van der Waals surface area (Å²) in [5.74, 6) is 0.659. The van der Waals surface area contributed by atoms with Gasteiger partial charge in [0.1, 0.15) is 0 Å². The van der Waals surface area contributed by atoms with E-state index in [4.69, 9.17) is 10.5 Å². The second-order valence-electron chi connectivity index (χ2n) is 4.85. The highest BCUT2D eigenvalue weighted by Gasteiger charge is 2.25. The third-order valence-electron chi connectivity index (χ3n) is 3.55. The molecule has 0 bridgehead atoms. The molecular formula is C14H21BrN2O. The molecule has 0 saturated carbocycles. The minimum Gasteiger partial charge on any atom is -0.398 e. The van der Waals surface area contributed by atoms with Gasteiger partial charge in [-0.1, -0.05) is 13.0 Å². The Bertz CT molecular complexity index is 397. The zero-order valence-electron chi connectivity index (χ0n) is 10.8. The molecule has 2 unspecified atom stereocenters. The van der Waals surface area contributed by atoms with Crippen molar-refractivity contribution in [2.45, 2.75) is 32.4 Å². The number of hydrogen-bond acceptors (Lipinski definition) is 3. The van der Waals surface area contributed by atoms with Crippen molar-refractivity contribution in [1.82, 2.24) is 5.32 Å². The molecule has 0 aromatic heterocycles. The highest BCUT2D eigenvalue weighted by atomic mass is 79.9. The molecule has 1 aliphatic rings. The van der Waals surface area contributed by atoms with Crippen LogP contribution in [-0.4, -0.2) is 19.3 Å². The molecule has 100 valence electrons. The summed E-state index contributed by atoms with van der Waals surface area (Å²) in [4.78, 5) is 0. The molecule has 3 nitrogen and oxygen atoms in total. The van der Waals surface area contributed by atoms with Crippen LogP contribution in [0.3, 0.4) is 0 Å². The van der Waals surface area contributed by atoms with E-state index in [9.17, 15) is 0 Å². The quantitative estimate of drug-likeness (QED) is 0.822. The summed E-state index contributed by atoms with van der Waals surface area (Å²) in [5.41, 5.74) is 7.81. The van der Waals surface area contributed by atoms with Crippen LogP contribution in [0.4, 0.5) is 5.69 Å². The van der Waals surface area contributed by atoms with Crippen molar-refractivity contribution in [3.63, 3.8) is 0 Å². The third-order valence-corrected chi connectivity index (χ3v) is 4.24. The van der Waals surface area contributed by atoms with Crippen molar-refractivity contribution < 1.29 is 4.74 Å². The van der Waals surface area contributed by atoms with Crippen molar-refractivity contribution in [2.75, 3.05) is 18.9 Å². The van der Waals surface area contributed by atoms with Crippen molar-refractivity contribution >= 4 is 21.6 Å². The Morgan fingerprint density at radius 3 is 3.06 bits per heavy atom. The van der Waals surface area contributed by atoms with Crippen LogP contribution < -0.4 is 11.1 Å². The predicted octanol–water partition coefficient (Wildman–Crippen LogP) is 2.94. The normalized spacial score (nSPS) is 23.4. The summed E-state index contributed by atoms with van der Waals surface area (Å²) in [6.07, 6.45) is 2.73. The summed E-state index contributed by atoms with van der Waals surface area (Å²) in [7, 11) is 0. The lowest BCUT2D eigenvalue weighted by molar-refractivity contribution is 0.0872. The first-order valence-corrected chi connectivity index (χ1v) is 7.36. The van der Waals surface area contributed by atoms with Crippen molar-refractivity contribution in [1.29, 1.82) is 0 Å². The van der Waals surface area contributed by atoms with E-state index in [1.807, 2.05) is 6.07 Å². The van der Waals surface area contributed by atoms with Crippen LogP contribution in [0, 0.1) is 5.92 Å². The van der Waals surface area contributed by atoms with E-state index in [0.29, 0.717) is 12.0 Å². The Hall–Kier alpha value is -0.580. The Morgan fingerprint density at radius 2 is 2.33 bits per heavy atom. The SMILES string of the molecule is CCC1OCCC1CNCc1ccc(N)c(Br)c1. The van der Waals surface area contributed by atoms with Gasteiger partial charge in [-0.15, -0.1) is 0 Å². The van der Waals surface area contributed by atoms with Crippen LogP contribution >= 0.6 is 15.9 Å². The van der Waals surface area contributed by atoms with E-state index in [2.05, 4.69) is 40.3 Å². The maximum absolute atomic E-state index is 5.77. The highest BCUT2D eigenvalue weighted by molar-refractivity contribution is 9.10. The fourth-order valence-corrected chi connectivity index (χ4v) is 2.89. The van der Waals surface area contributed by atoms with Gasteiger partial charge in [-0.3, -0.25) is 0 Å². The van der Waals surface area contributed by atoms with E-state index in [1.165, 1.54) is 12.0 Å². The summed E-state index contributed by atoms with van der Waals surface area (Å²) in [6.45, 7) is 5.02. The number of anilines is 1. The topological polar surface area (TPSA) is 47.3 Å². The van der Waals surface area contributed by atoms with Crippen molar-refractivity contribution in [3.05, 3.63) is 28.2 Å². The molecule has 1 aromatic carbocycles. The Balaban J connectivity index is 1.79. The summed E-state index contributed by atoms with van der Waals surface area (Å²) < 4.78 is 6.66. The molecule has 0 spiro atoms. The minimum atomic E-state index is 0.440. The molecule has 1 heterocycles. The van der Waals surface area contributed by atoms with Gasteiger partial charge in [0.15, 0.2) is 0 Å². The summed E-state index contributed by atoms with van der Waals surface area (Å²) in [6, 6.07) is 6.08. The number of benzene rings is 1. The monoisotopic (exact) mass is 312 g/mol. The molecule has 3 N–H and O–H groups in total. The van der Waals surface area contributed by atoms with Gasteiger partial charge < -0.3 is 15.8 Å². The molecule has 1 fully saturated rings. The lowest BCUT2D eigenvalue weighted by Crippen LogP contribution is -2.27. The molecule has 0 radical (unpaired) electrons. The van der Waals surface area contributed by atoms with Gasteiger partial charge in [0.2, 0.25) is 0 Å². The van der Waals surface area contributed by atoms with Crippen LogP contribution in [-0.2, 0) is 11.3 Å². The Labute approximate surface area is 117 Å². The van der Waals surface area contributed by atoms with Gasteiger partial charge in [-0.2, -0.15) is 0 Å². The first-order valence-electron chi connectivity index (χ1n) is 6.57. The molecule has 1 saturated heterocycles. The third kappa shape index (κ3) is 3.46. The Morgan fingerprint density at radius 1 is 1.50 bits per heavy atom. The predicted molar refractivity (Wildman–Crippen MR) is 78.4 cm³/mol. The van der Waals surface area contributed by atoms with Gasteiger partial charge in [0.25, 0.3) is 0 Å². The van der Waals surface area contributed by atoms with Crippen LogP contribution in [0.2, 0.25) is 0 Å². The molecule has 2 rings (SSSR count). The molecular weight excluding hydrogens is 292 g/mol. The first kappa shape index (κ1) is 13.8. The minimum absolute atomic E-state index is 0.440. The second kappa shape index (κ2) is 6.55. The highest BCUT2D eigenvalue weighted by Crippen LogP contribution is 2.23. The maximum atomic E-state index is 5.77. The number of nitrogens with two attached hydrogens (primary N) is 1. The largest absolute Gasteiger partial charge is 0.398 e. The van der Waals surface area contributed by atoms with Gasteiger partial charge in [0, 0.05) is 29.9 Å². The number of nitrogen functional groups attached to an aromatic ring is 1. The lowest BCUT2D eigenvalue weighted by Gasteiger charge is -2.17. The van der Waals surface area contributed by atoms with E-state index < -0.39 is 0 Å². The number of rotatable bonds is 5. The van der Waals surface area contributed by atoms with Crippen LogP contribution in [0.15, 0.2) is 22.7 Å². The fraction of sp³-hybridized carbons (Fsp3) is 0.571. The molecule has 1 aliphatic heterocycles. The number of halogens is 1. The number of nitrogens with one attached hydrogen (secondary N) is 1. The van der Waals surface area contributed by atoms with Crippen LogP contribution in [0.1, 0.15) is 25.3 Å². The maximum Gasteiger partial charge on any atom is 0.0613 e. The molecule has 0 aliphatic carbocycles. The van der Waals surface area contributed by atoms with E-state index in [0.717, 1.165) is 36.3 Å². The molecule has 4 heteroatoms. The Kier molecular flexibility index (Phi) is 5.03. The average Bonchev–Trinajstić information content (AvgIpc) is 2.81. The zero-order chi connectivity index (χ0) is 13.0. The lowest BCUT2D eigenvalue weighted by atomic mass is 9.99. The number of hydrogen-bond donors (Lipinski definition) is 2. The summed E-state index contributed by atoms with van der Waals surface area (Å²) >= 11 is 3.45. The smallest absolute Gasteiger partial charge is 0.0613 e. The van der Waals surface area contributed by atoms with Gasteiger partial charge in [0.05, 0.1) is 6.10 Å². The van der Waals surface area contributed by atoms with E-state index in [-0.39, 0.29) is 0 Å². The first-order chi connectivity index (χ1) is 8.70. The van der Waals surface area contributed by atoms with Gasteiger partial charge in [-0.25, -0.2) is 0 Å². The van der Waals surface area contributed by atoms with Crippen LogP contribution in [0.25, 0.3) is 0 Å². The van der Waals surface area contributed by atoms with E-state index >= 15 is 0 Å². The van der Waals surface area contributed by atoms with Gasteiger partial charge in [-0.05, 0) is 52.4 Å². The van der Waals surface area contributed by atoms with Crippen LogP contribution in [0.5, 0.6) is 0 Å². The molecule has 2 atom stereocenters. The standard InChI is InChI=1S/C14H21BrN2O/c1-2-14-11(5-6-18-14)9-17-8-10-3-4-13(16)12(15)7-10/h3-4,7,11,14,17H,2,5-6,8-9,16H2,1H3. The number of ether oxygens (including phenoxy) is 1. The van der Waals surface area contributed by atoms with Crippen molar-refractivity contribution in [2.24, 2.45) is 5.92 Å². The van der Waals surface area contributed by atoms with E-state index in [1.54, 1.807) is 0 Å². The van der Waals surface area contributed by atoms with Crippen molar-refractivity contribution in [3.8, 4) is 0 Å². The zero-order valence-corrected chi connectivity index (χ0v) is 12.4. The fourth-order valence-electron chi connectivity index (χ4n) is 2.46. The second-order valence-corrected chi connectivity index (χ2v) is 5.71. The molecule has 1 aromatic rings. The summed E-state index contributed by atoms with van der Waals surface area (Å²) in [5, 5.41) is 3.51. The molecule has 0 amide bonds. The van der Waals surface area contributed by atoms with Gasteiger partial charge >= 0.3 is 0 Å². The average molecular weight is 313 g/mol. The molecule has 18 heavy (non-hydrogen) atoms.